The van der Waals surface area contributed by atoms with Gasteiger partial charge in [-0.25, -0.2) is 8.78 Å². The zero-order chi connectivity index (χ0) is 12.6. The Morgan fingerprint density at radius 2 is 2.12 bits per heavy atom. The number of alkyl halides is 1. The summed E-state index contributed by atoms with van der Waals surface area (Å²) in [7, 11) is 0. The third-order valence-corrected chi connectivity index (χ3v) is 3.40. The highest BCUT2D eigenvalue weighted by atomic mass is 19.1. The van der Waals surface area contributed by atoms with E-state index in [2.05, 4.69) is 0 Å². The number of hydrogen-bond acceptors (Lipinski definition) is 1. The van der Waals surface area contributed by atoms with Gasteiger partial charge in [0.05, 0.1) is 6.61 Å². The average molecular weight is 240 g/mol. The van der Waals surface area contributed by atoms with E-state index in [-0.39, 0.29) is 24.1 Å². The average Bonchev–Trinajstić information content (AvgIpc) is 2.85. The van der Waals surface area contributed by atoms with Crippen molar-refractivity contribution >= 4 is 0 Å². The van der Waals surface area contributed by atoms with E-state index < -0.39 is 5.67 Å². The third kappa shape index (κ3) is 2.76. The van der Waals surface area contributed by atoms with Crippen LogP contribution in [0.4, 0.5) is 8.78 Å². The van der Waals surface area contributed by atoms with Crippen LogP contribution in [0.25, 0.3) is 0 Å². The fourth-order valence-corrected chi connectivity index (χ4v) is 1.84. The number of hydrogen-bond donors (Lipinski definition) is 0. The molecule has 0 aromatic heterocycles. The molecule has 1 fully saturated rings. The zero-order valence-electron chi connectivity index (χ0n) is 10.5. The van der Waals surface area contributed by atoms with Gasteiger partial charge in [-0.15, -0.1) is 0 Å². The van der Waals surface area contributed by atoms with Gasteiger partial charge in [-0.1, -0.05) is 19.9 Å². The summed E-state index contributed by atoms with van der Waals surface area (Å²) in [5.74, 6) is 0.0874. The molecule has 0 heterocycles. The molecule has 17 heavy (non-hydrogen) atoms. The summed E-state index contributed by atoms with van der Waals surface area (Å²) in [5.41, 5.74) is -0.0909. The fraction of sp³-hybridized carbons (Fsp3) is 0.571. The summed E-state index contributed by atoms with van der Waals surface area (Å²) in [6, 6.07) is 4.87. The van der Waals surface area contributed by atoms with Gasteiger partial charge in [0.15, 0.2) is 11.6 Å². The van der Waals surface area contributed by atoms with Gasteiger partial charge in [-0.2, -0.15) is 0 Å². The van der Waals surface area contributed by atoms with Crippen LogP contribution in [-0.2, 0) is 0 Å². The van der Waals surface area contributed by atoms with Crippen LogP contribution in [0.2, 0.25) is 0 Å². The zero-order valence-corrected chi connectivity index (χ0v) is 10.5. The summed E-state index contributed by atoms with van der Waals surface area (Å²) < 4.78 is 32.1. The maximum absolute atomic E-state index is 13.5. The van der Waals surface area contributed by atoms with Crippen LogP contribution in [0.1, 0.15) is 38.7 Å². The first-order valence-corrected chi connectivity index (χ1v) is 6.01. The molecule has 0 spiro atoms. The van der Waals surface area contributed by atoms with E-state index >= 15 is 0 Å². The predicted molar refractivity (Wildman–Crippen MR) is 63.6 cm³/mol. The van der Waals surface area contributed by atoms with E-state index in [4.69, 9.17) is 4.74 Å². The molecule has 0 aliphatic heterocycles. The van der Waals surface area contributed by atoms with Crippen molar-refractivity contribution in [3.05, 3.63) is 29.6 Å². The minimum Gasteiger partial charge on any atom is -0.490 e. The van der Waals surface area contributed by atoms with Gasteiger partial charge in [-0.3, -0.25) is 0 Å². The van der Waals surface area contributed by atoms with E-state index in [0.717, 1.165) is 5.56 Å². The summed E-state index contributed by atoms with van der Waals surface area (Å²) in [4.78, 5) is 0. The molecule has 1 aliphatic rings. The van der Waals surface area contributed by atoms with Gasteiger partial charge in [0.25, 0.3) is 0 Å². The first kappa shape index (κ1) is 12.3. The monoisotopic (exact) mass is 240 g/mol. The van der Waals surface area contributed by atoms with Crippen LogP contribution in [0.5, 0.6) is 5.75 Å². The van der Waals surface area contributed by atoms with E-state index in [1.165, 1.54) is 6.07 Å². The second-order valence-electron chi connectivity index (χ2n) is 5.33. The van der Waals surface area contributed by atoms with Crippen LogP contribution < -0.4 is 4.74 Å². The maximum Gasteiger partial charge on any atom is 0.165 e. The van der Waals surface area contributed by atoms with Crippen molar-refractivity contribution < 1.29 is 13.5 Å². The van der Waals surface area contributed by atoms with Crippen molar-refractivity contribution in [2.75, 3.05) is 6.61 Å². The minimum absolute atomic E-state index is 0.0930. The van der Waals surface area contributed by atoms with Crippen LogP contribution >= 0.6 is 0 Å². The lowest BCUT2D eigenvalue weighted by Gasteiger charge is -2.11. The number of ether oxygens (including phenoxy) is 1. The molecule has 1 aromatic carbocycles. The standard InChI is InChI=1S/C14H18F2O/c1-9(2)10-4-5-12(15)13(6-10)17-8-11-7-14(11,3)16/h4-6,9,11H,7-8H2,1-3H3. The fourth-order valence-electron chi connectivity index (χ4n) is 1.84. The molecular weight excluding hydrogens is 222 g/mol. The number of benzene rings is 1. The molecule has 2 rings (SSSR count). The molecule has 94 valence electrons. The Labute approximate surface area is 101 Å². The first-order chi connectivity index (χ1) is 7.90. The Kier molecular flexibility index (Phi) is 3.11. The van der Waals surface area contributed by atoms with Crippen molar-refractivity contribution in [2.45, 2.75) is 38.8 Å². The predicted octanol–water partition coefficient (Wildman–Crippen LogP) is 4.08. The Hall–Kier alpha value is -1.12. The smallest absolute Gasteiger partial charge is 0.165 e. The molecular formula is C14H18F2O. The van der Waals surface area contributed by atoms with Gasteiger partial charge >= 0.3 is 0 Å². The lowest BCUT2D eigenvalue weighted by atomic mass is 10.0. The highest BCUT2D eigenvalue weighted by Crippen LogP contribution is 2.46. The van der Waals surface area contributed by atoms with Crippen molar-refractivity contribution in [3.8, 4) is 5.75 Å². The molecule has 0 N–H and O–H groups in total. The molecule has 3 heteroatoms. The Morgan fingerprint density at radius 3 is 2.65 bits per heavy atom. The van der Waals surface area contributed by atoms with Crippen molar-refractivity contribution in [1.29, 1.82) is 0 Å². The lowest BCUT2D eigenvalue weighted by molar-refractivity contribution is 0.231. The number of halogens is 2. The molecule has 1 aromatic rings. The van der Waals surface area contributed by atoms with E-state index in [0.29, 0.717) is 12.3 Å². The van der Waals surface area contributed by atoms with E-state index in [9.17, 15) is 8.78 Å². The van der Waals surface area contributed by atoms with Gasteiger partial charge in [0.2, 0.25) is 0 Å². The molecule has 2 atom stereocenters. The SMILES string of the molecule is CC(C)c1ccc(F)c(OCC2CC2(C)F)c1. The second-order valence-corrected chi connectivity index (χ2v) is 5.33. The third-order valence-electron chi connectivity index (χ3n) is 3.40. The second kappa shape index (κ2) is 4.28. The van der Waals surface area contributed by atoms with Crippen LogP contribution in [0.15, 0.2) is 18.2 Å². The van der Waals surface area contributed by atoms with Crippen LogP contribution in [0, 0.1) is 11.7 Å². The largest absolute Gasteiger partial charge is 0.490 e. The molecule has 1 nitrogen and oxygen atoms in total. The highest BCUT2D eigenvalue weighted by Gasteiger charge is 2.51. The van der Waals surface area contributed by atoms with Crippen molar-refractivity contribution in [3.63, 3.8) is 0 Å². The van der Waals surface area contributed by atoms with Crippen LogP contribution in [0.3, 0.4) is 0 Å². The summed E-state index contributed by atoms with van der Waals surface area (Å²) in [6.07, 6.45) is 0.512. The van der Waals surface area contributed by atoms with Crippen molar-refractivity contribution in [1.82, 2.24) is 0 Å². The molecule has 1 saturated carbocycles. The Balaban J connectivity index is 2.02. The Bertz CT molecular complexity index is 413. The van der Waals surface area contributed by atoms with Gasteiger partial charge < -0.3 is 4.74 Å². The first-order valence-electron chi connectivity index (χ1n) is 6.01. The normalized spacial score (nSPS) is 27.3. The molecule has 2 unspecified atom stereocenters. The molecule has 0 saturated heterocycles. The highest BCUT2D eigenvalue weighted by molar-refractivity contribution is 5.32. The minimum atomic E-state index is -1.12. The number of rotatable bonds is 4. The summed E-state index contributed by atoms with van der Waals surface area (Å²) in [6.45, 7) is 5.89. The van der Waals surface area contributed by atoms with Gasteiger partial charge in [-0.05, 0) is 37.0 Å². The van der Waals surface area contributed by atoms with Crippen molar-refractivity contribution in [2.24, 2.45) is 5.92 Å². The quantitative estimate of drug-likeness (QED) is 0.770. The van der Waals surface area contributed by atoms with E-state index in [1.54, 1.807) is 19.1 Å². The maximum atomic E-state index is 13.5. The topological polar surface area (TPSA) is 9.23 Å². The van der Waals surface area contributed by atoms with Gasteiger partial charge in [0, 0.05) is 5.92 Å². The molecule has 0 amide bonds. The Morgan fingerprint density at radius 1 is 1.47 bits per heavy atom. The summed E-state index contributed by atoms with van der Waals surface area (Å²) >= 11 is 0. The molecule has 0 radical (unpaired) electrons. The summed E-state index contributed by atoms with van der Waals surface area (Å²) in [5, 5.41) is 0. The van der Waals surface area contributed by atoms with Gasteiger partial charge in [0.1, 0.15) is 5.67 Å². The lowest BCUT2D eigenvalue weighted by Crippen LogP contribution is -2.07. The van der Waals surface area contributed by atoms with Crippen LogP contribution in [-0.4, -0.2) is 12.3 Å². The van der Waals surface area contributed by atoms with E-state index in [1.807, 2.05) is 13.8 Å². The molecule has 1 aliphatic carbocycles. The molecule has 0 bridgehead atoms.